The van der Waals surface area contributed by atoms with Crippen molar-refractivity contribution >= 4 is 17.4 Å². The maximum Gasteiger partial charge on any atom is 0.337 e. The third-order valence-electron chi connectivity index (χ3n) is 7.62. The van der Waals surface area contributed by atoms with Gasteiger partial charge in [-0.05, 0) is 68.2 Å². The molecule has 2 aromatic rings. The number of esters is 1. The zero-order chi connectivity index (χ0) is 26.1. The van der Waals surface area contributed by atoms with Crippen LogP contribution in [-0.2, 0) is 14.3 Å². The van der Waals surface area contributed by atoms with Crippen LogP contribution in [0.1, 0.15) is 68.4 Å². The topological polar surface area (TPSA) is 108 Å². The van der Waals surface area contributed by atoms with Crippen LogP contribution in [0.15, 0.2) is 71.1 Å². The predicted molar refractivity (Wildman–Crippen MR) is 137 cm³/mol. The van der Waals surface area contributed by atoms with E-state index < -0.39 is 16.8 Å². The molecule has 8 nitrogen and oxygen atoms in total. The number of nitro benzene ring substituents is 1. The van der Waals surface area contributed by atoms with Crippen molar-refractivity contribution in [2.75, 3.05) is 7.11 Å². The molecule has 37 heavy (non-hydrogen) atoms. The monoisotopic (exact) mass is 502 g/mol. The van der Waals surface area contributed by atoms with Gasteiger partial charge in [-0.1, -0.05) is 24.3 Å². The lowest BCUT2D eigenvalue weighted by molar-refractivity contribution is -0.384. The molecule has 0 amide bonds. The predicted octanol–water partition coefficient (Wildman–Crippen LogP) is 5.45. The summed E-state index contributed by atoms with van der Waals surface area (Å²) in [6.07, 6.45) is 4.40. The van der Waals surface area contributed by atoms with Crippen LogP contribution in [0.2, 0.25) is 0 Å². The van der Waals surface area contributed by atoms with E-state index in [1.54, 1.807) is 26.2 Å². The molecule has 0 unspecified atom stereocenters. The average molecular weight is 503 g/mol. The number of allylic oxidation sites excluding steroid dienone is 3. The van der Waals surface area contributed by atoms with Gasteiger partial charge in [0.05, 0.1) is 17.6 Å². The van der Waals surface area contributed by atoms with Crippen molar-refractivity contribution in [1.29, 1.82) is 0 Å². The summed E-state index contributed by atoms with van der Waals surface area (Å²) in [5.74, 6) is -0.559. The molecule has 1 N–H and O–H groups in total. The standard InChI is InChI=1S/C29H30N2O6/c1-17-26(29(33)37-23-8-3-4-9-23)27(19-6-5-7-21(14-19)31(34)35)28-24(30-17)15-20(16-25(28)32)18-10-12-22(36-2)13-11-18/h5-7,10-14,20,23,27,30H,3-4,8-9,15-16H2,1-2H3/t20-,27+/m1/s1. The fourth-order valence-electron chi connectivity index (χ4n) is 5.79. The summed E-state index contributed by atoms with van der Waals surface area (Å²) in [6.45, 7) is 1.81. The number of methoxy groups -OCH3 is 1. The van der Waals surface area contributed by atoms with E-state index in [9.17, 15) is 19.7 Å². The molecule has 0 bridgehead atoms. The van der Waals surface area contributed by atoms with Gasteiger partial charge in [-0.15, -0.1) is 0 Å². The minimum atomic E-state index is -0.727. The first-order valence-electron chi connectivity index (χ1n) is 12.7. The highest BCUT2D eigenvalue weighted by Gasteiger charge is 2.42. The number of non-ortho nitro benzene ring substituents is 1. The fraction of sp³-hybridized carbons (Fsp3) is 0.379. The van der Waals surface area contributed by atoms with Crippen LogP contribution >= 0.6 is 0 Å². The lowest BCUT2D eigenvalue weighted by Gasteiger charge is -2.37. The van der Waals surface area contributed by atoms with Crippen LogP contribution in [0.25, 0.3) is 0 Å². The molecule has 0 spiro atoms. The van der Waals surface area contributed by atoms with Gasteiger partial charge in [-0.25, -0.2) is 4.79 Å². The number of nitrogens with zero attached hydrogens (tertiary/aromatic N) is 1. The summed E-state index contributed by atoms with van der Waals surface area (Å²) in [6, 6.07) is 13.9. The molecule has 0 aromatic heterocycles. The summed E-state index contributed by atoms with van der Waals surface area (Å²) in [7, 11) is 1.61. The average Bonchev–Trinajstić information content (AvgIpc) is 3.40. The maximum absolute atomic E-state index is 13.7. The number of benzene rings is 2. The molecule has 192 valence electrons. The Bertz CT molecular complexity index is 1300. The molecule has 8 heteroatoms. The second-order valence-corrected chi connectivity index (χ2v) is 9.95. The quantitative estimate of drug-likeness (QED) is 0.318. The van der Waals surface area contributed by atoms with E-state index in [0.717, 1.165) is 42.7 Å². The lowest BCUT2D eigenvalue weighted by Crippen LogP contribution is -2.36. The van der Waals surface area contributed by atoms with Crippen LogP contribution in [0.4, 0.5) is 5.69 Å². The molecule has 1 saturated carbocycles. The number of ether oxygens (including phenoxy) is 2. The van der Waals surface area contributed by atoms with Crippen LogP contribution in [0.5, 0.6) is 5.75 Å². The highest BCUT2D eigenvalue weighted by Crippen LogP contribution is 2.46. The van der Waals surface area contributed by atoms with E-state index >= 15 is 0 Å². The molecule has 3 aliphatic rings. The van der Waals surface area contributed by atoms with Gasteiger partial charge in [-0.2, -0.15) is 0 Å². The van der Waals surface area contributed by atoms with Crippen molar-refractivity contribution in [2.45, 2.75) is 63.4 Å². The number of hydrogen-bond acceptors (Lipinski definition) is 7. The van der Waals surface area contributed by atoms with E-state index in [2.05, 4.69) is 5.32 Å². The van der Waals surface area contributed by atoms with E-state index in [-0.39, 0.29) is 29.9 Å². The van der Waals surface area contributed by atoms with Gasteiger partial charge in [0, 0.05) is 41.4 Å². The first-order valence-corrected chi connectivity index (χ1v) is 12.7. The molecule has 1 fully saturated rings. The first-order chi connectivity index (χ1) is 17.9. The highest BCUT2D eigenvalue weighted by molar-refractivity contribution is 6.04. The van der Waals surface area contributed by atoms with Crippen molar-refractivity contribution in [3.63, 3.8) is 0 Å². The lowest BCUT2D eigenvalue weighted by atomic mass is 9.71. The first kappa shape index (κ1) is 24.7. The van der Waals surface area contributed by atoms with Crippen molar-refractivity contribution in [2.24, 2.45) is 0 Å². The fourth-order valence-corrected chi connectivity index (χ4v) is 5.79. The Balaban J connectivity index is 1.55. The smallest absolute Gasteiger partial charge is 0.337 e. The molecule has 5 rings (SSSR count). The molecule has 2 aliphatic carbocycles. The van der Waals surface area contributed by atoms with Gasteiger partial charge >= 0.3 is 5.97 Å². The number of carbonyl (C=O) groups excluding carboxylic acids is 2. The third-order valence-corrected chi connectivity index (χ3v) is 7.62. The van der Waals surface area contributed by atoms with Gasteiger partial charge < -0.3 is 14.8 Å². The number of nitro groups is 1. The normalized spacial score (nSPS) is 21.9. The summed E-state index contributed by atoms with van der Waals surface area (Å²) in [5, 5.41) is 14.9. The van der Waals surface area contributed by atoms with Crippen molar-refractivity contribution < 1.29 is 24.0 Å². The number of dihydropyridines is 1. The Morgan fingerprint density at radius 3 is 2.46 bits per heavy atom. The van der Waals surface area contributed by atoms with Crippen LogP contribution < -0.4 is 10.1 Å². The summed E-state index contributed by atoms with van der Waals surface area (Å²) >= 11 is 0. The zero-order valence-corrected chi connectivity index (χ0v) is 21.0. The van der Waals surface area contributed by atoms with Gasteiger partial charge in [0.15, 0.2) is 5.78 Å². The molecule has 0 saturated heterocycles. The van der Waals surface area contributed by atoms with Crippen molar-refractivity contribution in [1.82, 2.24) is 5.32 Å². The number of ketones is 1. The molecule has 0 radical (unpaired) electrons. The zero-order valence-electron chi connectivity index (χ0n) is 21.0. The van der Waals surface area contributed by atoms with Crippen LogP contribution in [0, 0.1) is 10.1 Å². The van der Waals surface area contributed by atoms with Crippen molar-refractivity contribution in [3.8, 4) is 5.75 Å². The summed E-state index contributed by atoms with van der Waals surface area (Å²) in [4.78, 5) is 38.3. The molecular weight excluding hydrogens is 472 g/mol. The van der Waals surface area contributed by atoms with E-state index in [4.69, 9.17) is 9.47 Å². The van der Waals surface area contributed by atoms with Gasteiger partial charge in [0.2, 0.25) is 0 Å². The molecular formula is C29H30N2O6. The van der Waals surface area contributed by atoms with Gasteiger partial charge in [-0.3, -0.25) is 14.9 Å². The second-order valence-electron chi connectivity index (χ2n) is 9.95. The highest BCUT2D eigenvalue weighted by atomic mass is 16.6. The molecule has 1 aliphatic heterocycles. The van der Waals surface area contributed by atoms with Gasteiger partial charge in [0.1, 0.15) is 11.9 Å². The Hall–Kier alpha value is -3.94. The van der Waals surface area contributed by atoms with Crippen LogP contribution in [-0.4, -0.2) is 29.9 Å². The number of Topliss-reactive ketones (excluding diaryl/α,β-unsaturated/α-hetero) is 1. The third kappa shape index (κ3) is 4.88. The minimum Gasteiger partial charge on any atom is -0.497 e. The Morgan fingerprint density at radius 1 is 1.05 bits per heavy atom. The molecule has 1 heterocycles. The second kappa shape index (κ2) is 10.2. The Morgan fingerprint density at radius 2 is 1.78 bits per heavy atom. The number of rotatable bonds is 6. The molecule has 2 atom stereocenters. The summed E-state index contributed by atoms with van der Waals surface area (Å²) < 4.78 is 11.1. The molecule has 2 aromatic carbocycles. The van der Waals surface area contributed by atoms with Gasteiger partial charge in [0.25, 0.3) is 5.69 Å². The van der Waals surface area contributed by atoms with E-state index in [1.807, 2.05) is 24.3 Å². The van der Waals surface area contributed by atoms with E-state index in [1.165, 1.54) is 12.1 Å². The van der Waals surface area contributed by atoms with E-state index in [0.29, 0.717) is 28.8 Å². The number of hydrogen-bond donors (Lipinski definition) is 1. The van der Waals surface area contributed by atoms with Crippen LogP contribution in [0.3, 0.4) is 0 Å². The summed E-state index contributed by atoms with van der Waals surface area (Å²) in [5.41, 5.74) is 3.69. The Kier molecular flexibility index (Phi) is 6.82. The largest absolute Gasteiger partial charge is 0.497 e. The SMILES string of the molecule is COc1ccc([C@H]2CC(=O)C3=C(C2)NC(C)=C(C(=O)OC2CCCC2)[C@@H]3c2cccc([N+](=O)[O-])c2)cc1. The minimum absolute atomic E-state index is 0.0322. The Labute approximate surface area is 215 Å². The maximum atomic E-state index is 13.7. The number of nitrogens with one attached hydrogen (secondary N) is 1. The van der Waals surface area contributed by atoms with Crippen molar-refractivity contribution in [3.05, 3.63) is 92.3 Å². The number of carbonyl (C=O) groups is 2.